The number of carbonyl (C=O) groups excluding carboxylic acids is 1. The van der Waals surface area contributed by atoms with E-state index < -0.39 is 12.1 Å². The van der Waals surface area contributed by atoms with Gasteiger partial charge in [-0.25, -0.2) is 9.18 Å². The first-order chi connectivity index (χ1) is 11.6. The average Bonchev–Trinajstić information content (AvgIpc) is 3.33. The molecule has 0 saturated heterocycles. The Hall–Kier alpha value is -2.18. The molecule has 0 aliphatic heterocycles. The van der Waals surface area contributed by atoms with Crippen molar-refractivity contribution in [3.63, 3.8) is 0 Å². The van der Waals surface area contributed by atoms with E-state index in [9.17, 15) is 14.3 Å². The fraction of sp³-hybridized carbons (Fsp3) is 0.389. The van der Waals surface area contributed by atoms with Crippen LogP contribution < -0.4 is 0 Å². The van der Waals surface area contributed by atoms with Crippen LogP contribution in [-0.4, -0.2) is 40.7 Å². The monoisotopic (exact) mass is 332 g/mol. The zero-order chi connectivity index (χ0) is 17.1. The van der Waals surface area contributed by atoms with Crippen molar-refractivity contribution in [2.75, 3.05) is 13.7 Å². The van der Waals surface area contributed by atoms with E-state index >= 15 is 0 Å². The summed E-state index contributed by atoms with van der Waals surface area (Å²) in [5.41, 5.74) is 2.09. The summed E-state index contributed by atoms with van der Waals surface area (Å²) in [5, 5.41) is 10.4. The second-order valence-electron chi connectivity index (χ2n) is 6.14. The molecule has 1 aromatic carbocycles. The van der Waals surface area contributed by atoms with Gasteiger partial charge in [-0.2, -0.15) is 0 Å². The van der Waals surface area contributed by atoms with Gasteiger partial charge in [-0.15, -0.1) is 0 Å². The summed E-state index contributed by atoms with van der Waals surface area (Å²) in [7, 11) is 1.35. The van der Waals surface area contributed by atoms with Gasteiger partial charge in [0.25, 0.3) is 0 Å². The second kappa shape index (κ2) is 7.15. The Morgan fingerprint density at radius 1 is 1.42 bits per heavy atom. The first-order valence-electron chi connectivity index (χ1n) is 8.00. The number of ether oxygens (including phenoxy) is 1. The molecule has 0 amide bonds. The highest BCUT2D eigenvalue weighted by molar-refractivity contribution is 5.87. The molecule has 1 aromatic heterocycles. The molecule has 2 N–H and O–H groups in total. The van der Waals surface area contributed by atoms with Crippen LogP contribution in [0.1, 0.15) is 40.6 Å². The topological polar surface area (TPSA) is 65.6 Å². The van der Waals surface area contributed by atoms with E-state index in [0.29, 0.717) is 30.4 Å². The smallest absolute Gasteiger partial charge is 0.354 e. The molecular weight excluding hydrogens is 311 g/mol. The van der Waals surface area contributed by atoms with Crippen LogP contribution in [0.2, 0.25) is 0 Å². The van der Waals surface area contributed by atoms with Crippen molar-refractivity contribution in [2.45, 2.75) is 31.5 Å². The number of esters is 1. The molecule has 1 atom stereocenters. The lowest BCUT2D eigenvalue weighted by atomic mass is 10.1. The van der Waals surface area contributed by atoms with Gasteiger partial charge in [-0.05, 0) is 42.2 Å². The Morgan fingerprint density at radius 2 is 2.12 bits per heavy atom. The number of hydrogen-bond acceptors (Lipinski definition) is 4. The number of carbonyl (C=O) groups is 1. The Bertz CT molecular complexity index is 695. The number of aliphatic hydroxyl groups is 1. The number of hydrogen-bond donors (Lipinski definition) is 2. The van der Waals surface area contributed by atoms with Crippen molar-refractivity contribution >= 4 is 5.97 Å². The Kier molecular flexibility index (Phi) is 4.97. The number of H-pyrrole nitrogens is 1. The SMILES string of the molecule is COC(=O)c1cc(CN(CC(O)c2ccc(F)cc2)C2CC2)c[nH]1. The van der Waals surface area contributed by atoms with E-state index in [-0.39, 0.29) is 5.82 Å². The summed E-state index contributed by atoms with van der Waals surface area (Å²) < 4.78 is 17.7. The molecule has 1 aliphatic rings. The van der Waals surface area contributed by atoms with Crippen LogP contribution in [0.15, 0.2) is 36.5 Å². The minimum atomic E-state index is -0.676. The van der Waals surface area contributed by atoms with Crippen LogP contribution in [0, 0.1) is 5.82 Å². The third-order valence-electron chi connectivity index (χ3n) is 4.26. The minimum absolute atomic E-state index is 0.312. The summed E-state index contributed by atoms with van der Waals surface area (Å²) in [4.78, 5) is 16.6. The molecule has 3 rings (SSSR count). The fourth-order valence-corrected chi connectivity index (χ4v) is 2.79. The first kappa shape index (κ1) is 16.7. The van der Waals surface area contributed by atoms with Crippen LogP contribution in [-0.2, 0) is 11.3 Å². The number of nitrogens with one attached hydrogen (secondary N) is 1. The Labute approximate surface area is 140 Å². The van der Waals surface area contributed by atoms with Crippen LogP contribution in [0.3, 0.4) is 0 Å². The highest BCUT2D eigenvalue weighted by atomic mass is 19.1. The van der Waals surface area contributed by atoms with Crippen molar-refractivity contribution in [2.24, 2.45) is 0 Å². The number of aromatic nitrogens is 1. The van der Waals surface area contributed by atoms with Crippen LogP contribution in [0.5, 0.6) is 0 Å². The summed E-state index contributed by atoms with van der Waals surface area (Å²) in [6, 6.07) is 8.14. The molecule has 5 nitrogen and oxygen atoms in total. The molecule has 1 aliphatic carbocycles. The largest absolute Gasteiger partial charge is 0.464 e. The number of aliphatic hydroxyl groups excluding tert-OH is 1. The van der Waals surface area contributed by atoms with Crippen molar-refractivity contribution in [1.82, 2.24) is 9.88 Å². The predicted octanol–water partition coefficient (Wildman–Crippen LogP) is 2.64. The van der Waals surface area contributed by atoms with Gasteiger partial charge in [0.15, 0.2) is 0 Å². The molecule has 128 valence electrons. The molecule has 6 heteroatoms. The summed E-state index contributed by atoms with van der Waals surface area (Å²) >= 11 is 0. The average molecular weight is 332 g/mol. The van der Waals surface area contributed by atoms with E-state index in [4.69, 9.17) is 4.74 Å². The van der Waals surface area contributed by atoms with E-state index in [0.717, 1.165) is 18.4 Å². The second-order valence-corrected chi connectivity index (χ2v) is 6.14. The molecule has 1 unspecified atom stereocenters. The first-order valence-corrected chi connectivity index (χ1v) is 8.00. The Morgan fingerprint density at radius 3 is 2.75 bits per heavy atom. The van der Waals surface area contributed by atoms with Crippen molar-refractivity contribution in [3.8, 4) is 0 Å². The lowest BCUT2D eigenvalue weighted by molar-refractivity contribution is 0.0594. The number of nitrogens with zero attached hydrogens (tertiary/aromatic N) is 1. The molecular formula is C18H21FN2O3. The van der Waals surface area contributed by atoms with E-state index in [2.05, 4.69) is 9.88 Å². The predicted molar refractivity (Wildman–Crippen MR) is 86.9 cm³/mol. The Balaban J connectivity index is 1.65. The lowest BCUT2D eigenvalue weighted by Gasteiger charge is -2.24. The van der Waals surface area contributed by atoms with Gasteiger partial charge in [0.05, 0.1) is 13.2 Å². The van der Waals surface area contributed by atoms with E-state index in [1.807, 2.05) is 0 Å². The van der Waals surface area contributed by atoms with Crippen molar-refractivity contribution < 1.29 is 19.0 Å². The zero-order valence-corrected chi connectivity index (χ0v) is 13.5. The quantitative estimate of drug-likeness (QED) is 0.765. The molecule has 0 spiro atoms. The van der Waals surface area contributed by atoms with Crippen LogP contribution in [0.4, 0.5) is 4.39 Å². The molecule has 24 heavy (non-hydrogen) atoms. The van der Waals surface area contributed by atoms with Crippen molar-refractivity contribution in [3.05, 3.63) is 59.2 Å². The standard InChI is InChI=1S/C18H21FN2O3/c1-24-18(23)16-8-12(9-20-16)10-21(15-6-7-15)11-17(22)13-2-4-14(19)5-3-13/h2-5,8-9,15,17,20,22H,6-7,10-11H2,1H3. The maximum Gasteiger partial charge on any atom is 0.354 e. The van der Waals surface area contributed by atoms with Gasteiger partial charge < -0.3 is 14.8 Å². The van der Waals surface area contributed by atoms with Crippen LogP contribution >= 0.6 is 0 Å². The van der Waals surface area contributed by atoms with E-state index in [1.54, 1.807) is 24.4 Å². The van der Waals surface area contributed by atoms with Gasteiger partial charge in [0.2, 0.25) is 0 Å². The van der Waals surface area contributed by atoms with Gasteiger partial charge in [0.1, 0.15) is 11.5 Å². The lowest BCUT2D eigenvalue weighted by Crippen LogP contribution is -2.30. The number of aromatic amines is 1. The summed E-state index contributed by atoms with van der Waals surface area (Å²) in [5.74, 6) is -0.710. The highest BCUT2D eigenvalue weighted by Gasteiger charge is 2.30. The molecule has 0 radical (unpaired) electrons. The minimum Gasteiger partial charge on any atom is -0.464 e. The van der Waals surface area contributed by atoms with Gasteiger partial charge >= 0.3 is 5.97 Å². The molecule has 1 saturated carbocycles. The van der Waals surface area contributed by atoms with Gasteiger partial charge in [-0.3, -0.25) is 4.90 Å². The summed E-state index contributed by atoms with van der Waals surface area (Å²) in [6.45, 7) is 1.10. The summed E-state index contributed by atoms with van der Waals surface area (Å²) in [6.07, 6.45) is 3.31. The normalized spacial score (nSPS) is 15.5. The number of benzene rings is 1. The maximum atomic E-state index is 13.0. The zero-order valence-electron chi connectivity index (χ0n) is 13.5. The fourth-order valence-electron chi connectivity index (χ4n) is 2.79. The van der Waals surface area contributed by atoms with Gasteiger partial charge in [0, 0.05) is 25.3 Å². The molecule has 1 heterocycles. The molecule has 0 bridgehead atoms. The third kappa shape index (κ3) is 4.01. The number of halogens is 1. The highest BCUT2D eigenvalue weighted by Crippen LogP contribution is 2.30. The third-order valence-corrected chi connectivity index (χ3v) is 4.26. The number of rotatable bonds is 7. The van der Waals surface area contributed by atoms with E-state index in [1.165, 1.54) is 19.2 Å². The molecule has 1 fully saturated rings. The van der Waals surface area contributed by atoms with Gasteiger partial charge in [-0.1, -0.05) is 12.1 Å². The van der Waals surface area contributed by atoms with Crippen molar-refractivity contribution in [1.29, 1.82) is 0 Å². The number of methoxy groups -OCH3 is 1. The van der Waals surface area contributed by atoms with Crippen LogP contribution in [0.25, 0.3) is 0 Å². The molecule has 2 aromatic rings. The maximum absolute atomic E-state index is 13.0.